The van der Waals surface area contributed by atoms with Crippen molar-refractivity contribution in [1.29, 1.82) is 0 Å². The van der Waals surface area contributed by atoms with E-state index in [1.807, 2.05) is 0 Å². The van der Waals surface area contributed by atoms with Crippen LogP contribution in [-0.2, 0) is 31.1 Å². The van der Waals surface area contributed by atoms with Crippen LogP contribution in [0.2, 0.25) is 0 Å². The summed E-state index contributed by atoms with van der Waals surface area (Å²) in [7, 11) is 0. The molecule has 0 unspecified atom stereocenters. The van der Waals surface area contributed by atoms with Gasteiger partial charge in [-0.1, -0.05) is 72.8 Å². The highest BCUT2D eigenvalue weighted by molar-refractivity contribution is 5.96. The van der Waals surface area contributed by atoms with Crippen molar-refractivity contribution in [3.8, 4) is 60.5 Å². The van der Waals surface area contributed by atoms with Crippen LogP contribution in [0.4, 0.5) is 11.4 Å². The molecule has 0 saturated carbocycles. The molecule has 0 atom stereocenters. The van der Waals surface area contributed by atoms with Crippen LogP contribution < -0.4 is 11.5 Å². The number of fused-ring (bicyclic) bond motifs is 4. The molecule has 0 spiro atoms. The van der Waals surface area contributed by atoms with Gasteiger partial charge < -0.3 is 11.5 Å². The number of nitrogens with two attached hydrogens (primary N) is 2. The standard InChI is InChI=1S/C45H38N2/c1-5-9-17-33-25-37(26-34(43(33)46)18-10-6-2)45(38-27-35(19-11-7-3)44(47)36(28-38)20-12-8-4)41-24-16-15-23-39(41)40-29-31-21-13-14-22-32(31)30-42(40)45/h1-4,13-16,21-30H,9-12,17-20,46-47H2. The lowest BCUT2D eigenvalue weighted by Gasteiger charge is -2.36. The molecular formula is C45H38N2. The van der Waals surface area contributed by atoms with E-state index in [1.165, 1.54) is 33.0 Å². The van der Waals surface area contributed by atoms with E-state index in [1.54, 1.807) is 0 Å². The van der Waals surface area contributed by atoms with E-state index < -0.39 is 5.41 Å². The van der Waals surface area contributed by atoms with Gasteiger partial charge in [-0.15, -0.1) is 49.4 Å². The Morgan fingerprint density at radius 1 is 0.468 bits per heavy atom. The van der Waals surface area contributed by atoms with Crippen LogP contribution in [0.1, 0.15) is 70.2 Å². The van der Waals surface area contributed by atoms with Crippen LogP contribution in [0, 0.1) is 49.4 Å². The van der Waals surface area contributed by atoms with Gasteiger partial charge in [0.2, 0.25) is 0 Å². The molecule has 1 aliphatic rings. The minimum Gasteiger partial charge on any atom is -0.398 e. The maximum Gasteiger partial charge on any atom is 0.0714 e. The zero-order chi connectivity index (χ0) is 33.0. The highest BCUT2D eigenvalue weighted by Gasteiger charge is 2.47. The van der Waals surface area contributed by atoms with E-state index in [9.17, 15) is 0 Å². The summed E-state index contributed by atoms with van der Waals surface area (Å²) in [6.45, 7) is 0. The summed E-state index contributed by atoms with van der Waals surface area (Å²) in [6, 6.07) is 31.1. The van der Waals surface area contributed by atoms with Crippen LogP contribution in [0.3, 0.4) is 0 Å². The van der Waals surface area contributed by atoms with Gasteiger partial charge in [0, 0.05) is 37.1 Å². The summed E-state index contributed by atoms with van der Waals surface area (Å²) in [5.74, 6) is 11.3. The number of anilines is 2. The number of terminal acetylenes is 4. The zero-order valence-electron chi connectivity index (χ0n) is 26.7. The third kappa shape index (κ3) is 5.40. The molecular weight excluding hydrogens is 569 g/mol. The first-order valence-corrected chi connectivity index (χ1v) is 16.2. The summed E-state index contributed by atoms with van der Waals surface area (Å²) in [6.07, 6.45) is 28.1. The Morgan fingerprint density at radius 2 is 0.872 bits per heavy atom. The van der Waals surface area contributed by atoms with Gasteiger partial charge in [0.05, 0.1) is 5.41 Å². The molecule has 5 aromatic rings. The normalized spacial score (nSPS) is 12.3. The summed E-state index contributed by atoms with van der Waals surface area (Å²) in [5, 5.41) is 2.37. The fourth-order valence-electron chi connectivity index (χ4n) is 7.40. The molecule has 0 heterocycles. The van der Waals surface area contributed by atoms with Crippen molar-refractivity contribution in [3.05, 3.63) is 129 Å². The average molecular weight is 607 g/mol. The van der Waals surface area contributed by atoms with Crippen LogP contribution in [0.5, 0.6) is 0 Å². The summed E-state index contributed by atoms with van der Waals surface area (Å²) in [4.78, 5) is 0. The van der Waals surface area contributed by atoms with Crippen LogP contribution >= 0.6 is 0 Å². The van der Waals surface area contributed by atoms with E-state index in [0.29, 0.717) is 51.4 Å². The Balaban J connectivity index is 1.79. The molecule has 2 heteroatoms. The molecule has 5 aromatic carbocycles. The maximum absolute atomic E-state index is 6.86. The molecule has 6 rings (SSSR count). The van der Waals surface area contributed by atoms with Crippen LogP contribution in [0.15, 0.2) is 84.9 Å². The van der Waals surface area contributed by atoms with E-state index in [2.05, 4.69) is 109 Å². The van der Waals surface area contributed by atoms with Gasteiger partial charge in [0.1, 0.15) is 0 Å². The first kappa shape index (κ1) is 31.2. The number of hydrogen-bond acceptors (Lipinski definition) is 2. The Kier molecular flexibility index (Phi) is 8.81. The molecule has 47 heavy (non-hydrogen) atoms. The van der Waals surface area contributed by atoms with Gasteiger partial charge in [-0.05, 0) is 104 Å². The third-order valence-electron chi connectivity index (χ3n) is 9.63. The smallest absolute Gasteiger partial charge is 0.0714 e. The van der Waals surface area contributed by atoms with Crippen molar-refractivity contribution >= 4 is 22.1 Å². The first-order chi connectivity index (χ1) is 23.0. The molecule has 0 saturated heterocycles. The van der Waals surface area contributed by atoms with Gasteiger partial charge in [0.15, 0.2) is 0 Å². The Hall–Kier alpha value is -5.80. The van der Waals surface area contributed by atoms with Gasteiger partial charge in [0.25, 0.3) is 0 Å². The number of nitrogen functional groups attached to an aromatic ring is 2. The number of hydrogen-bond donors (Lipinski definition) is 2. The van der Waals surface area contributed by atoms with Crippen molar-refractivity contribution in [3.63, 3.8) is 0 Å². The highest BCUT2D eigenvalue weighted by Crippen LogP contribution is 2.58. The molecule has 1 aliphatic carbocycles. The van der Waals surface area contributed by atoms with Crippen molar-refractivity contribution < 1.29 is 0 Å². The average Bonchev–Trinajstić information content (AvgIpc) is 3.38. The molecule has 0 aromatic heterocycles. The van der Waals surface area contributed by atoms with Gasteiger partial charge >= 0.3 is 0 Å². The first-order valence-electron chi connectivity index (χ1n) is 16.2. The van der Waals surface area contributed by atoms with Gasteiger partial charge in [-0.2, -0.15) is 0 Å². The van der Waals surface area contributed by atoms with Crippen molar-refractivity contribution in [1.82, 2.24) is 0 Å². The molecule has 0 aliphatic heterocycles. The lowest BCUT2D eigenvalue weighted by molar-refractivity contribution is 0.758. The van der Waals surface area contributed by atoms with Crippen LogP contribution in [-0.4, -0.2) is 0 Å². The topological polar surface area (TPSA) is 52.0 Å². The van der Waals surface area contributed by atoms with E-state index in [-0.39, 0.29) is 0 Å². The van der Waals surface area contributed by atoms with Crippen molar-refractivity contribution in [2.75, 3.05) is 11.5 Å². The van der Waals surface area contributed by atoms with Gasteiger partial charge in [-0.3, -0.25) is 0 Å². The minimum absolute atomic E-state index is 0.585. The Labute approximate surface area is 279 Å². The summed E-state index contributed by atoms with van der Waals surface area (Å²) in [5.41, 5.74) is 25.8. The maximum atomic E-state index is 6.86. The zero-order valence-corrected chi connectivity index (χ0v) is 26.7. The summed E-state index contributed by atoms with van der Waals surface area (Å²) < 4.78 is 0. The SMILES string of the molecule is C#CCCc1cc(C2(c3cc(CCC#C)c(N)c(CCC#C)c3)c3ccccc3-c3cc4ccccc4cc32)cc(CCC#C)c1N. The second kappa shape index (κ2) is 13.3. The molecule has 0 bridgehead atoms. The molecule has 0 fully saturated rings. The second-order valence-electron chi connectivity index (χ2n) is 12.3. The largest absolute Gasteiger partial charge is 0.398 e. The van der Waals surface area contributed by atoms with Crippen molar-refractivity contribution in [2.45, 2.75) is 56.8 Å². The number of aryl methyl sites for hydroxylation is 4. The number of benzene rings is 5. The molecule has 228 valence electrons. The van der Waals surface area contributed by atoms with E-state index in [0.717, 1.165) is 44.8 Å². The highest BCUT2D eigenvalue weighted by atomic mass is 14.6. The Bertz CT molecular complexity index is 2000. The second-order valence-corrected chi connectivity index (χ2v) is 12.3. The fourth-order valence-corrected chi connectivity index (χ4v) is 7.40. The number of rotatable bonds is 10. The summed E-state index contributed by atoms with van der Waals surface area (Å²) >= 11 is 0. The molecule has 0 amide bonds. The molecule has 4 N–H and O–H groups in total. The van der Waals surface area contributed by atoms with Crippen molar-refractivity contribution in [2.24, 2.45) is 0 Å². The van der Waals surface area contributed by atoms with E-state index in [4.69, 9.17) is 37.2 Å². The predicted octanol–water partition coefficient (Wildman–Crippen LogP) is 8.63. The molecule has 0 radical (unpaired) electrons. The van der Waals surface area contributed by atoms with Crippen LogP contribution in [0.25, 0.3) is 21.9 Å². The lowest BCUT2D eigenvalue weighted by Crippen LogP contribution is -2.30. The van der Waals surface area contributed by atoms with E-state index >= 15 is 0 Å². The lowest BCUT2D eigenvalue weighted by atomic mass is 9.66. The minimum atomic E-state index is -0.692. The quantitative estimate of drug-likeness (QED) is 0.121. The predicted molar refractivity (Wildman–Crippen MR) is 199 cm³/mol. The molecule has 2 nitrogen and oxygen atoms in total. The van der Waals surface area contributed by atoms with Gasteiger partial charge in [-0.25, -0.2) is 0 Å². The Morgan fingerprint density at radius 3 is 1.32 bits per heavy atom. The third-order valence-corrected chi connectivity index (χ3v) is 9.63. The monoisotopic (exact) mass is 606 g/mol. The fraction of sp³-hybridized carbons (Fsp3) is 0.200.